The summed E-state index contributed by atoms with van der Waals surface area (Å²) in [6, 6.07) is 15.8. The third kappa shape index (κ3) is 3.97. The van der Waals surface area contributed by atoms with E-state index in [4.69, 9.17) is 16.3 Å². The summed E-state index contributed by atoms with van der Waals surface area (Å²) in [7, 11) is 1.66. The molecule has 0 aliphatic carbocycles. The van der Waals surface area contributed by atoms with Gasteiger partial charge in [0.2, 0.25) is 0 Å². The van der Waals surface area contributed by atoms with Gasteiger partial charge in [-0.15, -0.1) is 0 Å². The van der Waals surface area contributed by atoms with E-state index < -0.39 is 0 Å². The SMILES string of the molecule is COc1cc(N2CCCCC2)ccc1C=C(C#N)c1ccccc1Cl. The molecule has 0 atom stereocenters. The van der Waals surface area contributed by atoms with Gasteiger partial charge in [-0.2, -0.15) is 5.26 Å². The largest absolute Gasteiger partial charge is 0.496 e. The smallest absolute Gasteiger partial charge is 0.128 e. The molecule has 0 amide bonds. The van der Waals surface area contributed by atoms with Crippen molar-refractivity contribution in [1.82, 2.24) is 0 Å². The van der Waals surface area contributed by atoms with E-state index in [9.17, 15) is 5.26 Å². The fourth-order valence-corrected chi connectivity index (χ4v) is 3.41. The Balaban J connectivity index is 1.96. The molecule has 25 heavy (non-hydrogen) atoms. The Labute approximate surface area is 154 Å². The molecule has 2 aromatic rings. The predicted octanol–water partition coefficient (Wildman–Crippen LogP) is 5.40. The van der Waals surface area contributed by atoms with Crippen LogP contribution in [0.1, 0.15) is 30.4 Å². The van der Waals surface area contributed by atoms with Gasteiger partial charge in [0.05, 0.1) is 18.8 Å². The maximum Gasteiger partial charge on any atom is 0.128 e. The van der Waals surface area contributed by atoms with Crippen molar-refractivity contribution >= 4 is 28.9 Å². The fourth-order valence-electron chi connectivity index (χ4n) is 3.17. The molecule has 0 aromatic heterocycles. The highest BCUT2D eigenvalue weighted by Gasteiger charge is 2.13. The normalized spacial score (nSPS) is 14.9. The molecule has 0 unspecified atom stereocenters. The average Bonchev–Trinajstić information content (AvgIpc) is 2.67. The lowest BCUT2D eigenvalue weighted by atomic mass is 10.0. The summed E-state index contributed by atoms with van der Waals surface area (Å²) in [5.41, 5.74) is 3.30. The summed E-state index contributed by atoms with van der Waals surface area (Å²) in [6.45, 7) is 2.17. The molecule has 1 fully saturated rings. The monoisotopic (exact) mass is 352 g/mol. The standard InChI is InChI=1S/C21H21ClN2O/c1-25-21-14-18(24-11-5-2-6-12-24)10-9-16(21)13-17(15-23)19-7-3-4-8-20(19)22/h3-4,7-10,13-14H,2,5-6,11-12H2,1H3. The Hall–Kier alpha value is -2.44. The zero-order chi connectivity index (χ0) is 17.6. The zero-order valence-corrected chi connectivity index (χ0v) is 15.1. The summed E-state index contributed by atoms with van der Waals surface area (Å²) >= 11 is 6.23. The van der Waals surface area contributed by atoms with E-state index in [1.807, 2.05) is 30.3 Å². The van der Waals surface area contributed by atoms with Gasteiger partial charge >= 0.3 is 0 Å². The first-order valence-corrected chi connectivity index (χ1v) is 8.90. The van der Waals surface area contributed by atoms with E-state index in [1.54, 1.807) is 13.2 Å². The van der Waals surface area contributed by atoms with Gasteiger partial charge < -0.3 is 9.64 Å². The first kappa shape index (κ1) is 17.4. The number of halogens is 1. The van der Waals surface area contributed by atoms with Crippen LogP contribution in [0.15, 0.2) is 42.5 Å². The lowest BCUT2D eigenvalue weighted by Gasteiger charge is -2.29. The molecule has 3 rings (SSSR count). The summed E-state index contributed by atoms with van der Waals surface area (Å²) in [5, 5.41) is 10.1. The van der Waals surface area contributed by atoms with Crippen molar-refractivity contribution in [2.75, 3.05) is 25.1 Å². The molecule has 3 nitrogen and oxygen atoms in total. The van der Waals surface area contributed by atoms with Crippen LogP contribution in [0.5, 0.6) is 5.75 Å². The van der Waals surface area contributed by atoms with Gasteiger partial charge in [-0.3, -0.25) is 0 Å². The molecule has 4 heteroatoms. The summed E-state index contributed by atoms with van der Waals surface area (Å²) < 4.78 is 5.57. The van der Waals surface area contributed by atoms with Gasteiger partial charge in [0.25, 0.3) is 0 Å². The van der Waals surface area contributed by atoms with Crippen molar-refractivity contribution in [3.05, 3.63) is 58.6 Å². The number of methoxy groups -OCH3 is 1. The Kier molecular flexibility index (Phi) is 5.63. The average molecular weight is 353 g/mol. The van der Waals surface area contributed by atoms with E-state index in [0.29, 0.717) is 10.6 Å². The fraction of sp³-hybridized carbons (Fsp3) is 0.286. The second-order valence-corrected chi connectivity index (χ2v) is 6.53. The second kappa shape index (κ2) is 8.09. The number of nitrogens with zero attached hydrogens (tertiary/aromatic N) is 2. The number of rotatable bonds is 4. The topological polar surface area (TPSA) is 36.3 Å². The highest BCUT2D eigenvalue weighted by molar-refractivity contribution is 6.32. The predicted molar refractivity (Wildman–Crippen MR) is 104 cm³/mol. The number of hydrogen-bond donors (Lipinski definition) is 0. The number of allylic oxidation sites excluding steroid dienone is 1. The van der Waals surface area contributed by atoms with Crippen LogP contribution in [0.3, 0.4) is 0 Å². The maximum atomic E-state index is 9.56. The van der Waals surface area contributed by atoms with Crippen LogP contribution in [-0.4, -0.2) is 20.2 Å². The van der Waals surface area contributed by atoms with Gasteiger partial charge in [0.1, 0.15) is 5.75 Å². The highest BCUT2D eigenvalue weighted by atomic mass is 35.5. The summed E-state index contributed by atoms with van der Waals surface area (Å²) in [6.07, 6.45) is 5.60. The number of nitriles is 1. The van der Waals surface area contributed by atoms with Gasteiger partial charge in [0.15, 0.2) is 0 Å². The van der Waals surface area contributed by atoms with Crippen LogP contribution >= 0.6 is 11.6 Å². The van der Waals surface area contributed by atoms with E-state index in [-0.39, 0.29) is 0 Å². The van der Waals surface area contributed by atoms with E-state index in [1.165, 1.54) is 24.9 Å². The van der Waals surface area contributed by atoms with Crippen LogP contribution in [0.25, 0.3) is 11.6 Å². The minimum atomic E-state index is 0.523. The second-order valence-electron chi connectivity index (χ2n) is 6.12. The first-order chi connectivity index (χ1) is 12.2. The molecule has 0 N–H and O–H groups in total. The van der Waals surface area contributed by atoms with Crippen LogP contribution < -0.4 is 9.64 Å². The molecular formula is C21H21ClN2O. The molecule has 128 valence electrons. The van der Waals surface area contributed by atoms with E-state index >= 15 is 0 Å². The third-order valence-electron chi connectivity index (χ3n) is 4.52. The minimum absolute atomic E-state index is 0.523. The van der Waals surface area contributed by atoms with Crippen molar-refractivity contribution in [2.45, 2.75) is 19.3 Å². The maximum absolute atomic E-state index is 9.56. The summed E-state index contributed by atoms with van der Waals surface area (Å²) in [5.74, 6) is 0.767. The molecule has 1 heterocycles. The molecule has 0 bridgehead atoms. The molecule has 1 aliphatic rings. The molecule has 0 saturated carbocycles. The Bertz CT molecular complexity index is 817. The van der Waals surface area contributed by atoms with Crippen LogP contribution in [-0.2, 0) is 0 Å². The molecule has 1 saturated heterocycles. The molecule has 0 radical (unpaired) electrons. The van der Waals surface area contributed by atoms with Gasteiger partial charge in [0, 0.05) is 41.0 Å². The van der Waals surface area contributed by atoms with E-state index in [0.717, 1.165) is 30.0 Å². The lowest BCUT2D eigenvalue weighted by molar-refractivity contribution is 0.413. The molecular weight excluding hydrogens is 332 g/mol. The summed E-state index contributed by atoms with van der Waals surface area (Å²) in [4.78, 5) is 2.39. The highest BCUT2D eigenvalue weighted by Crippen LogP contribution is 2.31. The third-order valence-corrected chi connectivity index (χ3v) is 4.85. The number of hydrogen-bond acceptors (Lipinski definition) is 3. The van der Waals surface area contributed by atoms with Gasteiger partial charge in [-0.05, 0) is 43.5 Å². The Morgan fingerprint density at radius 1 is 1.16 bits per heavy atom. The van der Waals surface area contributed by atoms with Crippen molar-refractivity contribution in [1.29, 1.82) is 5.26 Å². The lowest BCUT2D eigenvalue weighted by Crippen LogP contribution is -2.29. The minimum Gasteiger partial charge on any atom is -0.496 e. The van der Waals surface area contributed by atoms with Crippen molar-refractivity contribution in [2.24, 2.45) is 0 Å². The van der Waals surface area contributed by atoms with Crippen LogP contribution in [0.2, 0.25) is 5.02 Å². The molecule has 2 aromatic carbocycles. The molecule has 0 spiro atoms. The van der Waals surface area contributed by atoms with Gasteiger partial charge in [-0.1, -0.05) is 29.8 Å². The number of ether oxygens (including phenoxy) is 1. The Morgan fingerprint density at radius 3 is 2.60 bits per heavy atom. The number of piperidine rings is 1. The molecule has 1 aliphatic heterocycles. The first-order valence-electron chi connectivity index (χ1n) is 8.52. The van der Waals surface area contributed by atoms with Crippen molar-refractivity contribution < 1.29 is 4.74 Å². The van der Waals surface area contributed by atoms with E-state index in [2.05, 4.69) is 23.1 Å². The van der Waals surface area contributed by atoms with Gasteiger partial charge in [-0.25, -0.2) is 0 Å². The quantitative estimate of drug-likeness (QED) is 0.545. The van der Waals surface area contributed by atoms with Crippen molar-refractivity contribution in [3.8, 4) is 11.8 Å². The number of benzene rings is 2. The zero-order valence-electron chi connectivity index (χ0n) is 14.3. The van der Waals surface area contributed by atoms with Crippen LogP contribution in [0.4, 0.5) is 5.69 Å². The van der Waals surface area contributed by atoms with Crippen LogP contribution in [0, 0.1) is 11.3 Å². The van der Waals surface area contributed by atoms with Crippen molar-refractivity contribution in [3.63, 3.8) is 0 Å². The Morgan fingerprint density at radius 2 is 1.92 bits per heavy atom. The number of anilines is 1.